The maximum Gasteiger partial charge on any atom is 0.422 e. The molecule has 1 aromatic carbocycles. The highest BCUT2D eigenvalue weighted by atomic mass is 19.3. The van der Waals surface area contributed by atoms with Crippen molar-refractivity contribution in [3.8, 4) is 0 Å². The number of fused-ring (bicyclic) bond motifs is 1. The van der Waals surface area contributed by atoms with Crippen LogP contribution in [0.15, 0.2) is 34.7 Å². The van der Waals surface area contributed by atoms with E-state index in [1.807, 2.05) is 0 Å². The van der Waals surface area contributed by atoms with Gasteiger partial charge in [-0.05, 0) is 12.1 Å². The second kappa shape index (κ2) is 4.82. The Morgan fingerprint density at radius 2 is 2.22 bits per heavy atom. The predicted molar refractivity (Wildman–Crippen MR) is 57.9 cm³/mol. The van der Waals surface area contributed by atoms with Crippen molar-refractivity contribution in [1.29, 1.82) is 0 Å². The molecular formula is C11H8FNO5. The average molecular weight is 253 g/mol. The van der Waals surface area contributed by atoms with Crippen LogP contribution < -0.4 is 0 Å². The number of rotatable bonds is 4. The molecule has 1 heterocycles. The zero-order valence-electron chi connectivity index (χ0n) is 9.04. The summed E-state index contributed by atoms with van der Waals surface area (Å²) in [5.74, 6) is -1.32. The lowest BCUT2D eigenvalue weighted by Crippen LogP contribution is -2.31. The summed E-state index contributed by atoms with van der Waals surface area (Å²) in [6, 6.07) is 6.73. The number of carbonyl (C=O) groups excluding carboxylic acids is 1. The van der Waals surface area contributed by atoms with Crippen molar-refractivity contribution >= 4 is 16.9 Å². The van der Waals surface area contributed by atoms with E-state index in [1.165, 1.54) is 0 Å². The topological polar surface area (TPSA) is 82.6 Å². The number of carbonyl (C=O) groups is 1. The lowest BCUT2D eigenvalue weighted by atomic mass is 10.1. The fourth-order valence-electron chi connectivity index (χ4n) is 1.62. The molecular weight excluding hydrogens is 245 g/mol. The fourth-order valence-corrected chi connectivity index (χ4v) is 1.62. The molecule has 0 spiro atoms. The molecule has 2 rings (SSSR count). The van der Waals surface area contributed by atoms with Gasteiger partial charge in [0.05, 0.1) is 6.42 Å². The largest absolute Gasteiger partial charge is 0.461 e. The van der Waals surface area contributed by atoms with Gasteiger partial charge < -0.3 is 4.42 Å². The highest BCUT2D eigenvalue weighted by Crippen LogP contribution is 2.20. The van der Waals surface area contributed by atoms with Crippen molar-refractivity contribution in [2.45, 2.75) is 12.5 Å². The van der Waals surface area contributed by atoms with Crippen LogP contribution in [0.2, 0.25) is 0 Å². The molecule has 7 heteroatoms. The Morgan fingerprint density at radius 1 is 1.50 bits per heavy atom. The van der Waals surface area contributed by atoms with Crippen molar-refractivity contribution in [2.24, 2.45) is 0 Å². The minimum atomic E-state index is -1.81. The van der Waals surface area contributed by atoms with Crippen LogP contribution in [0.25, 0.3) is 11.0 Å². The third-order valence-electron chi connectivity index (χ3n) is 2.47. The summed E-state index contributed by atoms with van der Waals surface area (Å²) in [6.07, 6.45) is -0.357. The fraction of sp³-hybridized carbons (Fsp3) is 0.182. The highest BCUT2D eigenvalue weighted by Gasteiger charge is 2.34. The monoisotopic (exact) mass is 253 g/mol. The number of benzene rings is 1. The Bertz CT molecular complexity index is 561. The van der Waals surface area contributed by atoms with E-state index in [1.54, 1.807) is 30.3 Å². The number of halogens is 1. The predicted octanol–water partition coefficient (Wildman–Crippen LogP) is 2.05. The summed E-state index contributed by atoms with van der Waals surface area (Å²) in [4.78, 5) is 23.5. The average Bonchev–Trinajstić information content (AvgIpc) is 2.77. The van der Waals surface area contributed by atoms with E-state index < -0.39 is 16.9 Å². The molecule has 0 aliphatic heterocycles. The van der Waals surface area contributed by atoms with Gasteiger partial charge in [-0.15, -0.1) is 0 Å². The maximum absolute atomic E-state index is 11.7. The first-order valence-corrected chi connectivity index (χ1v) is 5.05. The number of hydrogen-bond donors (Lipinski definition) is 0. The molecule has 0 bridgehead atoms. The number of hydrogen-bond acceptors (Lipinski definition) is 5. The van der Waals surface area contributed by atoms with Gasteiger partial charge in [-0.1, -0.05) is 18.2 Å². The molecule has 6 nitrogen and oxygen atoms in total. The van der Waals surface area contributed by atoms with Crippen molar-refractivity contribution in [2.75, 3.05) is 0 Å². The summed E-state index contributed by atoms with van der Waals surface area (Å²) in [5.41, 5.74) is 0.545. The van der Waals surface area contributed by atoms with Crippen LogP contribution in [0.5, 0.6) is 0 Å². The molecule has 0 saturated carbocycles. The van der Waals surface area contributed by atoms with Gasteiger partial charge >= 0.3 is 12.0 Å². The molecule has 0 amide bonds. The highest BCUT2D eigenvalue weighted by molar-refractivity contribution is 5.78. The third-order valence-corrected chi connectivity index (χ3v) is 2.47. The van der Waals surface area contributed by atoms with E-state index in [9.17, 15) is 19.4 Å². The summed E-state index contributed by atoms with van der Waals surface area (Å²) >= 11 is 0. The van der Waals surface area contributed by atoms with Crippen LogP contribution in [0.4, 0.5) is 4.53 Å². The van der Waals surface area contributed by atoms with E-state index >= 15 is 0 Å². The second-order valence-corrected chi connectivity index (χ2v) is 3.65. The maximum atomic E-state index is 11.7. The minimum absolute atomic E-state index is 0.225. The number of nitrogens with zero attached hydrogens (tertiary/aromatic N) is 1. The molecule has 1 atom stereocenters. The normalized spacial score (nSPS) is 12.3. The Balaban J connectivity index is 2.26. The zero-order valence-corrected chi connectivity index (χ0v) is 9.04. The third kappa shape index (κ3) is 2.29. The number of furan rings is 1. The van der Waals surface area contributed by atoms with Gasteiger partial charge in [-0.25, -0.2) is 9.74 Å². The molecule has 1 aromatic heterocycles. The van der Waals surface area contributed by atoms with Gasteiger partial charge in [0.25, 0.3) is 0 Å². The van der Waals surface area contributed by atoms with Crippen LogP contribution in [0.3, 0.4) is 0 Å². The van der Waals surface area contributed by atoms with Gasteiger partial charge in [-0.2, -0.15) is 0 Å². The molecule has 0 fully saturated rings. The van der Waals surface area contributed by atoms with Gasteiger partial charge in [0, 0.05) is 14.8 Å². The molecule has 0 radical (unpaired) electrons. The standard InChI is InChI=1S/C11H8FNO5/c12-18-11(14)9(13(15)16)6-8-5-7-3-1-2-4-10(7)17-8/h1-5,9H,6H2. The Labute approximate surface area is 100.0 Å². The van der Waals surface area contributed by atoms with Crippen molar-refractivity contribution in [3.05, 3.63) is 46.2 Å². The first kappa shape index (κ1) is 12.0. The smallest absolute Gasteiger partial charge is 0.422 e. The lowest BCUT2D eigenvalue weighted by Gasteiger charge is -2.02. The molecule has 0 N–H and O–H groups in total. The Hall–Kier alpha value is -2.44. The molecule has 0 aliphatic rings. The zero-order chi connectivity index (χ0) is 13.1. The molecule has 94 valence electrons. The van der Waals surface area contributed by atoms with E-state index in [0.717, 1.165) is 5.39 Å². The van der Waals surface area contributed by atoms with Crippen molar-refractivity contribution in [3.63, 3.8) is 0 Å². The van der Waals surface area contributed by atoms with Gasteiger partial charge in [0.2, 0.25) is 0 Å². The van der Waals surface area contributed by atoms with Crippen molar-refractivity contribution in [1.82, 2.24) is 0 Å². The first-order valence-electron chi connectivity index (χ1n) is 5.05. The van der Waals surface area contributed by atoms with Crippen LogP contribution in [0.1, 0.15) is 5.76 Å². The van der Waals surface area contributed by atoms with Crippen LogP contribution in [-0.2, 0) is 16.2 Å². The Morgan fingerprint density at radius 3 is 2.83 bits per heavy atom. The first-order chi connectivity index (χ1) is 8.61. The summed E-state index contributed by atoms with van der Waals surface area (Å²) in [6.45, 7) is 0. The van der Waals surface area contributed by atoms with E-state index in [0.29, 0.717) is 5.58 Å². The lowest BCUT2D eigenvalue weighted by molar-refractivity contribution is -0.512. The van der Waals surface area contributed by atoms with E-state index in [4.69, 9.17) is 4.42 Å². The molecule has 1 unspecified atom stereocenters. The van der Waals surface area contributed by atoms with E-state index in [-0.39, 0.29) is 12.2 Å². The van der Waals surface area contributed by atoms with Crippen LogP contribution >= 0.6 is 0 Å². The molecule has 2 aromatic rings. The van der Waals surface area contributed by atoms with E-state index in [2.05, 4.69) is 4.94 Å². The number of para-hydroxylation sites is 1. The molecule has 0 saturated heterocycles. The Kier molecular flexibility index (Phi) is 3.22. The van der Waals surface area contributed by atoms with Gasteiger partial charge in [-0.3, -0.25) is 10.1 Å². The summed E-state index contributed by atoms with van der Waals surface area (Å²) < 4.78 is 17.0. The number of nitro groups is 1. The minimum Gasteiger partial charge on any atom is -0.461 e. The van der Waals surface area contributed by atoms with Crippen LogP contribution in [-0.4, -0.2) is 16.9 Å². The molecule has 0 aliphatic carbocycles. The van der Waals surface area contributed by atoms with Crippen LogP contribution in [0, 0.1) is 10.1 Å². The van der Waals surface area contributed by atoms with Gasteiger partial charge in [0.1, 0.15) is 11.3 Å². The SMILES string of the molecule is O=C(OF)C(Cc1cc2ccccc2o1)[N+](=O)[O-]. The quantitative estimate of drug-likeness (QED) is 0.615. The van der Waals surface area contributed by atoms with Crippen molar-refractivity contribution < 1.29 is 23.6 Å². The second-order valence-electron chi connectivity index (χ2n) is 3.65. The molecule has 18 heavy (non-hydrogen) atoms. The summed E-state index contributed by atoms with van der Waals surface area (Å²) in [7, 11) is 0. The summed E-state index contributed by atoms with van der Waals surface area (Å²) in [5, 5.41) is 11.4. The van der Waals surface area contributed by atoms with Gasteiger partial charge in [0.15, 0.2) is 0 Å².